The molecule has 0 rings (SSSR count). The van der Waals surface area contributed by atoms with E-state index in [2.05, 4.69) is 38.6 Å². The lowest BCUT2D eigenvalue weighted by molar-refractivity contribution is 0.661. The van der Waals surface area contributed by atoms with Crippen molar-refractivity contribution in [3.63, 3.8) is 0 Å². The van der Waals surface area contributed by atoms with Gasteiger partial charge in [0.25, 0.3) is 0 Å². The van der Waals surface area contributed by atoms with E-state index in [9.17, 15) is 0 Å². The molecule has 0 aromatic carbocycles. The highest BCUT2D eigenvalue weighted by Crippen LogP contribution is 2.11. The highest BCUT2D eigenvalue weighted by atomic mass is 32.1. The van der Waals surface area contributed by atoms with Gasteiger partial charge >= 0.3 is 0 Å². The highest BCUT2D eigenvalue weighted by molar-refractivity contribution is 7.89. The van der Waals surface area contributed by atoms with Gasteiger partial charge in [-0.15, -0.1) is 0 Å². The van der Waals surface area contributed by atoms with Crippen molar-refractivity contribution in [2.24, 2.45) is 0 Å². The Hall–Kier alpha value is 0.790. The summed E-state index contributed by atoms with van der Waals surface area (Å²) in [7, 11) is 0. The Balaban J connectivity index is 3.26. The number of hydrogen-bond donors (Lipinski definition) is 2. The molecule has 0 heterocycles. The lowest BCUT2D eigenvalue weighted by atomic mass is 10.1. The third-order valence-corrected chi connectivity index (χ3v) is 3.58. The number of thiol groups is 2. The summed E-state index contributed by atoms with van der Waals surface area (Å²) in [5.41, 5.74) is 0. The molecule has 0 N–H and O–H groups in total. The van der Waals surface area contributed by atoms with E-state index < -0.39 is 0 Å². The Morgan fingerprint density at radius 2 is 2.08 bits per heavy atom. The van der Waals surface area contributed by atoms with Crippen LogP contribution in [-0.2, 0) is 0 Å². The Kier molecular flexibility index (Phi) is 9.92. The Morgan fingerprint density at radius 3 is 2.62 bits per heavy atom. The summed E-state index contributed by atoms with van der Waals surface area (Å²) >= 11 is 13.6. The zero-order chi connectivity index (χ0) is 10.1. The van der Waals surface area contributed by atoms with Crippen molar-refractivity contribution in [1.29, 1.82) is 0 Å². The molecule has 0 saturated carbocycles. The number of thiocarbonyl (C=S) groups is 1. The first-order valence-electron chi connectivity index (χ1n) is 4.87. The second-order valence-electron chi connectivity index (χ2n) is 3.15. The first kappa shape index (κ1) is 13.8. The SMILES string of the molecule is CCCCCC[CH]C(S)C(=S)CS. The highest BCUT2D eigenvalue weighted by Gasteiger charge is 2.07. The molecule has 0 aliphatic heterocycles. The normalized spacial score (nSPS) is 12.8. The standard InChI is InChI=1S/C10H19S3/c1-2-3-4-5-6-7-9(12)10(13)8-11/h7,9,11-12H,2-6,8H2,1H3. The van der Waals surface area contributed by atoms with E-state index in [0.717, 1.165) is 11.3 Å². The van der Waals surface area contributed by atoms with E-state index in [0.29, 0.717) is 5.75 Å². The summed E-state index contributed by atoms with van der Waals surface area (Å²) in [4.78, 5) is 0.933. The van der Waals surface area contributed by atoms with Crippen LogP contribution in [0.2, 0.25) is 0 Å². The largest absolute Gasteiger partial charge is 0.174 e. The fourth-order valence-electron chi connectivity index (χ4n) is 1.07. The van der Waals surface area contributed by atoms with E-state index in [4.69, 9.17) is 12.2 Å². The van der Waals surface area contributed by atoms with Crippen molar-refractivity contribution in [1.82, 2.24) is 0 Å². The molecule has 0 aromatic heterocycles. The van der Waals surface area contributed by atoms with Crippen LogP contribution in [0, 0.1) is 6.42 Å². The minimum atomic E-state index is 0.161. The van der Waals surface area contributed by atoms with Crippen molar-refractivity contribution in [3.8, 4) is 0 Å². The molecular weight excluding hydrogens is 216 g/mol. The van der Waals surface area contributed by atoms with Gasteiger partial charge in [-0.1, -0.05) is 44.8 Å². The molecule has 0 fully saturated rings. The van der Waals surface area contributed by atoms with Crippen LogP contribution < -0.4 is 0 Å². The lowest BCUT2D eigenvalue weighted by Crippen LogP contribution is -2.14. The van der Waals surface area contributed by atoms with Crippen molar-refractivity contribution in [2.45, 2.75) is 44.3 Å². The van der Waals surface area contributed by atoms with E-state index in [-0.39, 0.29) is 5.25 Å². The maximum Gasteiger partial charge on any atom is 0.0370 e. The summed E-state index contributed by atoms with van der Waals surface area (Å²) in [5.74, 6) is 0.662. The van der Waals surface area contributed by atoms with E-state index >= 15 is 0 Å². The molecule has 0 aliphatic carbocycles. The lowest BCUT2D eigenvalue weighted by Gasteiger charge is -2.09. The van der Waals surface area contributed by atoms with E-state index in [1.807, 2.05) is 0 Å². The molecule has 1 unspecified atom stereocenters. The van der Waals surface area contributed by atoms with Gasteiger partial charge in [-0.3, -0.25) is 0 Å². The minimum absolute atomic E-state index is 0.161. The van der Waals surface area contributed by atoms with Crippen LogP contribution in [0.25, 0.3) is 0 Å². The first-order valence-corrected chi connectivity index (χ1v) is 6.43. The van der Waals surface area contributed by atoms with E-state index in [1.54, 1.807) is 0 Å². The minimum Gasteiger partial charge on any atom is -0.174 e. The summed E-state index contributed by atoms with van der Waals surface area (Å²) in [6.45, 7) is 2.22. The smallest absolute Gasteiger partial charge is 0.0370 e. The quantitative estimate of drug-likeness (QED) is 0.367. The molecule has 0 saturated heterocycles. The van der Waals surface area contributed by atoms with Gasteiger partial charge in [0, 0.05) is 15.9 Å². The summed E-state index contributed by atoms with van der Waals surface area (Å²) < 4.78 is 0. The van der Waals surface area contributed by atoms with Crippen LogP contribution in [0.3, 0.4) is 0 Å². The van der Waals surface area contributed by atoms with Gasteiger partial charge in [0.05, 0.1) is 0 Å². The third kappa shape index (κ3) is 7.83. The zero-order valence-corrected chi connectivity index (χ0v) is 10.8. The van der Waals surface area contributed by atoms with E-state index in [1.165, 1.54) is 25.7 Å². The molecule has 0 aliphatic rings. The Labute approximate surface area is 98.7 Å². The molecule has 1 atom stereocenters. The van der Waals surface area contributed by atoms with Crippen molar-refractivity contribution in [3.05, 3.63) is 6.42 Å². The molecular formula is C10H19S3. The molecule has 13 heavy (non-hydrogen) atoms. The van der Waals surface area contributed by atoms with Gasteiger partial charge in [-0.25, -0.2) is 0 Å². The molecule has 0 nitrogen and oxygen atoms in total. The van der Waals surface area contributed by atoms with Crippen LogP contribution >= 0.6 is 37.5 Å². The Morgan fingerprint density at radius 1 is 1.38 bits per heavy atom. The second kappa shape index (κ2) is 9.35. The van der Waals surface area contributed by atoms with Crippen LogP contribution in [0.15, 0.2) is 0 Å². The predicted molar refractivity (Wildman–Crippen MR) is 72.3 cm³/mol. The van der Waals surface area contributed by atoms with Crippen LogP contribution in [-0.4, -0.2) is 15.9 Å². The van der Waals surface area contributed by atoms with Gasteiger partial charge in [0.2, 0.25) is 0 Å². The van der Waals surface area contributed by atoms with Gasteiger partial charge < -0.3 is 0 Å². The summed E-state index contributed by atoms with van der Waals surface area (Å²) in [5, 5.41) is 0.161. The number of rotatable bonds is 8. The maximum absolute atomic E-state index is 5.09. The zero-order valence-electron chi connectivity index (χ0n) is 8.20. The Bertz CT molecular complexity index is 134. The van der Waals surface area contributed by atoms with Gasteiger partial charge in [-0.05, 0) is 12.8 Å². The monoisotopic (exact) mass is 235 g/mol. The second-order valence-corrected chi connectivity index (χ2v) is 4.55. The van der Waals surface area contributed by atoms with Gasteiger partial charge in [0.15, 0.2) is 0 Å². The fourth-order valence-corrected chi connectivity index (χ4v) is 1.75. The molecule has 3 heteroatoms. The number of unbranched alkanes of at least 4 members (excludes halogenated alkanes) is 4. The van der Waals surface area contributed by atoms with Crippen molar-refractivity contribution in [2.75, 3.05) is 5.75 Å². The molecule has 0 amide bonds. The topological polar surface area (TPSA) is 0 Å². The average molecular weight is 235 g/mol. The molecule has 77 valence electrons. The van der Waals surface area contributed by atoms with Gasteiger partial charge in [-0.2, -0.15) is 25.3 Å². The first-order chi connectivity index (χ1) is 6.22. The summed E-state index contributed by atoms with van der Waals surface area (Å²) in [6.07, 6.45) is 8.53. The fraction of sp³-hybridized carbons (Fsp3) is 0.800. The van der Waals surface area contributed by atoms with Crippen LogP contribution in [0.1, 0.15) is 39.0 Å². The average Bonchev–Trinajstić information content (AvgIpc) is 2.16. The molecule has 0 bridgehead atoms. The van der Waals surface area contributed by atoms with Gasteiger partial charge in [0.1, 0.15) is 0 Å². The van der Waals surface area contributed by atoms with Crippen molar-refractivity contribution >= 4 is 42.3 Å². The number of hydrogen-bond acceptors (Lipinski definition) is 3. The molecule has 1 radical (unpaired) electrons. The molecule has 0 spiro atoms. The van der Waals surface area contributed by atoms with Crippen LogP contribution in [0.4, 0.5) is 0 Å². The molecule has 0 aromatic rings. The van der Waals surface area contributed by atoms with Crippen LogP contribution in [0.5, 0.6) is 0 Å². The maximum atomic E-state index is 5.09. The third-order valence-electron chi connectivity index (χ3n) is 1.93. The predicted octanol–water partition coefficient (Wildman–Crippen LogP) is 3.76. The van der Waals surface area contributed by atoms with Crippen molar-refractivity contribution < 1.29 is 0 Å². The summed E-state index contributed by atoms with van der Waals surface area (Å²) in [6, 6.07) is 0.